The third kappa shape index (κ3) is 3.26. The minimum atomic E-state index is -0.201. The number of benzene rings is 6. The molecule has 0 spiro atoms. The Morgan fingerprint density at radius 3 is 2.00 bits per heavy atom. The van der Waals surface area contributed by atoms with E-state index in [2.05, 4.69) is 134 Å². The second-order valence-electron chi connectivity index (χ2n) is 12.7. The highest BCUT2D eigenvalue weighted by molar-refractivity contribution is 6.12. The number of fused-ring (bicyclic) bond motifs is 12. The van der Waals surface area contributed by atoms with Crippen LogP contribution in [0.4, 0.5) is 0 Å². The van der Waals surface area contributed by atoms with Crippen molar-refractivity contribution in [3.63, 3.8) is 0 Å². The van der Waals surface area contributed by atoms with Gasteiger partial charge in [0.15, 0.2) is 11.5 Å². The van der Waals surface area contributed by atoms with Crippen LogP contribution in [0.5, 0.6) is 0 Å². The lowest BCUT2D eigenvalue weighted by Crippen LogP contribution is -2.15. The molecule has 4 heteroatoms. The van der Waals surface area contributed by atoms with Gasteiger partial charge in [0, 0.05) is 38.1 Å². The first kappa shape index (κ1) is 24.7. The van der Waals surface area contributed by atoms with E-state index in [4.69, 9.17) is 14.6 Å². The fraction of sp³-hybridized carbons (Fsp3) is 0.0732. The Morgan fingerprint density at radius 1 is 0.533 bits per heavy atom. The van der Waals surface area contributed by atoms with Crippen molar-refractivity contribution in [2.45, 2.75) is 19.3 Å². The second kappa shape index (κ2) is 8.67. The van der Waals surface area contributed by atoms with Crippen LogP contribution in [0.2, 0.25) is 0 Å². The van der Waals surface area contributed by atoms with Crippen molar-refractivity contribution in [2.75, 3.05) is 0 Å². The topological polar surface area (TPSA) is 43.3 Å². The molecule has 0 fully saturated rings. The first-order valence-electron chi connectivity index (χ1n) is 15.4. The highest BCUT2D eigenvalue weighted by atomic mass is 16.3. The van der Waals surface area contributed by atoms with Gasteiger partial charge in [-0.1, -0.05) is 117 Å². The normalized spacial score (nSPS) is 13.7. The Bertz CT molecular complexity index is 2690. The monoisotopic (exact) mass is 577 g/mol. The Kier molecular flexibility index (Phi) is 4.76. The molecule has 4 nitrogen and oxygen atoms in total. The van der Waals surface area contributed by atoms with Gasteiger partial charge in [-0.3, -0.25) is 4.40 Å². The minimum absolute atomic E-state index is 0.201. The number of hydrogen-bond donors (Lipinski definition) is 0. The van der Waals surface area contributed by atoms with Crippen molar-refractivity contribution in [1.82, 2.24) is 14.6 Å². The van der Waals surface area contributed by atoms with Crippen molar-refractivity contribution < 1.29 is 4.42 Å². The molecule has 9 aromatic rings. The average molecular weight is 578 g/mol. The van der Waals surface area contributed by atoms with E-state index in [1.807, 2.05) is 12.1 Å². The van der Waals surface area contributed by atoms with Crippen molar-refractivity contribution in [1.29, 1.82) is 0 Å². The molecule has 0 N–H and O–H groups in total. The quantitative estimate of drug-likeness (QED) is 0.192. The second-order valence-corrected chi connectivity index (χ2v) is 12.7. The fourth-order valence-electron chi connectivity index (χ4n) is 7.70. The van der Waals surface area contributed by atoms with Crippen molar-refractivity contribution >= 4 is 49.3 Å². The molecule has 0 unspecified atom stereocenters. The molecule has 0 aliphatic heterocycles. The summed E-state index contributed by atoms with van der Waals surface area (Å²) in [6.07, 6.45) is 0. The summed E-state index contributed by atoms with van der Waals surface area (Å²) in [4.78, 5) is 0. The molecule has 0 saturated heterocycles. The van der Waals surface area contributed by atoms with E-state index in [0.717, 1.165) is 55.4 Å². The summed E-state index contributed by atoms with van der Waals surface area (Å²) in [7, 11) is 0. The minimum Gasteiger partial charge on any atom is -0.455 e. The molecule has 0 atom stereocenters. The summed E-state index contributed by atoms with van der Waals surface area (Å²) >= 11 is 0. The van der Waals surface area contributed by atoms with Crippen LogP contribution in [0, 0.1) is 0 Å². The summed E-state index contributed by atoms with van der Waals surface area (Å²) in [6.45, 7) is 4.66. The zero-order valence-corrected chi connectivity index (χ0v) is 24.9. The maximum Gasteiger partial charge on any atom is 0.169 e. The van der Waals surface area contributed by atoms with E-state index in [0.29, 0.717) is 0 Å². The number of nitrogens with zero attached hydrogens (tertiary/aromatic N) is 3. The molecule has 3 aromatic heterocycles. The first-order chi connectivity index (χ1) is 22.1. The smallest absolute Gasteiger partial charge is 0.169 e. The molecular formula is C41H27N3O. The van der Waals surface area contributed by atoms with Gasteiger partial charge in [-0.25, -0.2) is 0 Å². The predicted octanol–water partition coefficient (Wildman–Crippen LogP) is 10.6. The number of furan rings is 1. The lowest BCUT2D eigenvalue weighted by molar-refractivity contribution is 0.660. The number of hydrogen-bond acceptors (Lipinski definition) is 3. The summed E-state index contributed by atoms with van der Waals surface area (Å²) in [5, 5.41) is 15.3. The molecule has 3 heterocycles. The molecule has 45 heavy (non-hydrogen) atoms. The van der Waals surface area contributed by atoms with Gasteiger partial charge in [-0.15, -0.1) is 10.2 Å². The fourth-order valence-corrected chi connectivity index (χ4v) is 7.70. The molecule has 212 valence electrons. The van der Waals surface area contributed by atoms with Crippen LogP contribution >= 0.6 is 0 Å². The van der Waals surface area contributed by atoms with Crippen molar-refractivity contribution in [3.05, 3.63) is 139 Å². The number of para-hydroxylation sites is 3. The van der Waals surface area contributed by atoms with Crippen LogP contribution in [0.25, 0.3) is 82.9 Å². The van der Waals surface area contributed by atoms with E-state index in [1.54, 1.807) is 0 Å². The summed E-state index contributed by atoms with van der Waals surface area (Å²) in [5.74, 6) is 0.860. The van der Waals surface area contributed by atoms with Crippen molar-refractivity contribution in [3.8, 4) is 33.6 Å². The Hall–Kier alpha value is -5.74. The third-order valence-electron chi connectivity index (χ3n) is 9.92. The molecular weight excluding hydrogens is 550 g/mol. The Balaban J connectivity index is 1.14. The largest absolute Gasteiger partial charge is 0.455 e. The predicted molar refractivity (Wildman–Crippen MR) is 184 cm³/mol. The van der Waals surface area contributed by atoms with Gasteiger partial charge in [0.1, 0.15) is 11.2 Å². The molecule has 6 aromatic carbocycles. The van der Waals surface area contributed by atoms with Gasteiger partial charge < -0.3 is 4.42 Å². The van der Waals surface area contributed by atoms with Crippen LogP contribution in [0.15, 0.2) is 132 Å². The summed E-state index contributed by atoms with van der Waals surface area (Å²) < 4.78 is 8.63. The Morgan fingerprint density at radius 2 is 1.18 bits per heavy atom. The highest BCUT2D eigenvalue weighted by Gasteiger charge is 2.36. The van der Waals surface area contributed by atoms with E-state index in [9.17, 15) is 0 Å². The van der Waals surface area contributed by atoms with Gasteiger partial charge in [-0.05, 0) is 57.5 Å². The summed E-state index contributed by atoms with van der Waals surface area (Å²) in [5.41, 5.74) is 12.2. The maximum atomic E-state index is 6.41. The van der Waals surface area contributed by atoms with Gasteiger partial charge >= 0.3 is 0 Å². The molecule has 0 bridgehead atoms. The van der Waals surface area contributed by atoms with Crippen LogP contribution < -0.4 is 0 Å². The van der Waals surface area contributed by atoms with Crippen LogP contribution in [0.1, 0.15) is 25.0 Å². The average Bonchev–Trinajstić information content (AvgIpc) is 3.76. The van der Waals surface area contributed by atoms with E-state index in [1.165, 1.54) is 38.6 Å². The lowest BCUT2D eigenvalue weighted by atomic mass is 9.81. The SMILES string of the molecule is CC1(C)c2cc(-c3cccc4c3oc3ccccc34)ccc2-c2ccc(-c3nnc4c5ccccc5c5ccccc5n34)cc21. The number of aromatic nitrogens is 3. The molecule has 0 saturated carbocycles. The van der Waals surface area contributed by atoms with E-state index < -0.39 is 0 Å². The van der Waals surface area contributed by atoms with Crippen molar-refractivity contribution in [2.24, 2.45) is 0 Å². The third-order valence-corrected chi connectivity index (χ3v) is 9.92. The lowest BCUT2D eigenvalue weighted by Gasteiger charge is -2.22. The molecule has 0 radical (unpaired) electrons. The van der Waals surface area contributed by atoms with Crippen LogP contribution in [0.3, 0.4) is 0 Å². The van der Waals surface area contributed by atoms with Gasteiger partial charge in [0.25, 0.3) is 0 Å². The number of pyridine rings is 1. The molecule has 1 aliphatic rings. The number of rotatable bonds is 2. The summed E-state index contributed by atoms with van der Waals surface area (Å²) in [6, 6.07) is 45.4. The van der Waals surface area contributed by atoms with Gasteiger partial charge in [-0.2, -0.15) is 0 Å². The van der Waals surface area contributed by atoms with Crippen LogP contribution in [-0.2, 0) is 5.41 Å². The maximum absolute atomic E-state index is 6.41. The first-order valence-corrected chi connectivity index (χ1v) is 15.4. The van der Waals surface area contributed by atoms with Gasteiger partial charge in [0.2, 0.25) is 0 Å². The highest BCUT2D eigenvalue weighted by Crippen LogP contribution is 2.51. The molecule has 1 aliphatic carbocycles. The zero-order valence-electron chi connectivity index (χ0n) is 24.9. The van der Waals surface area contributed by atoms with E-state index >= 15 is 0 Å². The van der Waals surface area contributed by atoms with Crippen LogP contribution in [-0.4, -0.2) is 14.6 Å². The van der Waals surface area contributed by atoms with Gasteiger partial charge in [0.05, 0.1) is 5.52 Å². The van der Waals surface area contributed by atoms with E-state index in [-0.39, 0.29) is 5.41 Å². The standard InChI is InChI=1S/C41H27N3O/c1-41(2)34-22-24(26-14-9-15-32-31-12-6-8-17-37(31)45-38(26)32)18-20-28(34)29-21-19-25(23-35(29)41)39-42-43-40-33-13-4-3-10-27(33)30-11-5-7-16-36(30)44(39)40/h3-23H,1-2H3. The zero-order chi connectivity index (χ0) is 29.9. The molecule has 0 amide bonds. The Labute approximate surface area is 259 Å². The molecule has 10 rings (SSSR count).